The maximum absolute atomic E-state index is 14.3. The molecule has 10 N–H and O–H groups in total. The van der Waals surface area contributed by atoms with Gasteiger partial charge in [-0.3, -0.25) is 28.8 Å². The number of nitrogens with two attached hydrogens (primary N) is 1. The molecule has 0 radical (unpaired) electrons. The molecule has 5 rings (SSSR count). The van der Waals surface area contributed by atoms with Gasteiger partial charge in [-0.15, -0.1) is 0 Å². The van der Waals surface area contributed by atoms with Crippen LogP contribution in [0.1, 0.15) is 88.7 Å². The number of carbonyl (C=O) groups is 6. The van der Waals surface area contributed by atoms with E-state index in [-0.39, 0.29) is 44.6 Å². The summed E-state index contributed by atoms with van der Waals surface area (Å²) in [6, 6.07) is 10.1. The van der Waals surface area contributed by atoms with Crippen molar-refractivity contribution in [2.75, 3.05) is 13.2 Å². The summed E-state index contributed by atoms with van der Waals surface area (Å²) in [5.74, 6) is -3.56. The number of fused-ring (bicyclic) bond motifs is 1. The second-order valence-corrected chi connectivity index (χ2v) is 15.7. The van der Waals surface area contributed by atoms with Gasteiger partial charge in [0, 0.05) is 30.1 Å². The van der Waals surface area contributed by atoms with E-state index in [0.717, 1.165) is 60.6 Å². The van der Waals surface area contributed by atoms with Crippen LogP contribution in [0.2, 0.25) is 0 Å². The summed E-state index contributed by atoms with van der Waals surface area (Å²) in [6.07, 6.45) is 9.24. The summed E-state index contributed by atoms with van der Waals surface area (Å²) in [5.41, 5.74) is 8.72. The number of aliphatic hydroxyl groups is 1. The number of rotatable bonds is 12. The van der Waals surface area contributed by atoms with Crippen LogP contribution in [0, 0.1) is 5.92 Å². The molecule has 15 heteroatoms. The first kappa shape index (κ1) is 43.8. The fourth-order valence-electron chi connectivity index (χ4n) is 7.83. The van der Waals surface area contributed by atoms with Crippen LogP contribution in [0.5, 0.6) is 0 Å². The number of hydrogen-bond donors (Lipinski definition) is 9. The van der Waals surface area contributed by atoms with Crippen molar-refractivity contribution in [1.29, 1.82) is 0 Å². The van der Waals surface area contributed by atoms with Crippen molar-refractivity contribution >= 4 is 46.3 Å². The molecule has 1 aliphatic heterocycles. The number of aromatic amines is 1. The van der Waals surface area contributed by atoms with E-state index < -0.39 is 78.3 Å². The van der Waals surface area contributed by atoms with Gasteiger partial charge in [0.05, 0.1) is 12.6 Å². The number of unbranched alkanes of at least 4 members (excludes halogenated alkanes) is 1. The number of hydrogen-bond acceptors (Lipinski definition) is 8. The van der Waals surface area contributed by atoms with E-state index >= 15 is 0 Å². The van der Waals surface area contributed by atoms with Crippen LogP contribution in [0.3, 0.4) is 0 Å². The zero-order valence-corrected chi connectivity index (χ0v) is 33.4. The highest BCUT2D eigenvalue weighted by Crippen LogP contribution is 2.28. The molecule has 2 aromatic carbocycles. The number of carbonyl (C=O) groups excluding carboxylic acids is 6. The molecule has 6 amide bonds. The lowest BCUT2D eigenvalue weighted by Gasteiger charge is -2.30. The number of para-hydroxylation sites is 1. The van der Waals surface area contributed by atoms with Crippen LogP contribution in [-0.2, 0) is 41.6 Å². The van der Waals surface area contributed by atoms with E-state index in [0.29, 0.717) is 12.8 Å². The van der Waals surface area contributed by atoms with Gasteiger partial charge in [0.15, 0.2) is 0 Å². The van der Waals surface area contributed by atoms with Crippen molar-refractivity contribution in [1.82, 2.24) is 36.9 Å². The third-order valence-corrected chi connectivity index (χ3v) is 11.2. The average molecular weight is 801 g/mol. The third kappa shape index (κ3) is 12.6. The Hall–Kier alpha value is -5.28. The summed E-state index contributed by atoms with van der Waals surface area (Å²) in [6.45, 7) is 1.30. The molecule has 15 nitrogen and oxygen atoms in total. The van der Waals surface area contributed by atoms with E-state index in [1.165, 1.54) is 0 Å². The van der Waals surface area contributed by atoms with Crippen LogP contribution in [0.25, 0.3) is 10.9 Å². The maximum atomic E-state index is 14.3. The van der Waals surface area contributed by atoms with Gasteiger partial charge >= 0.3 is 0 Å². The largest absolute Gasteiger partial charge is 0.394 e. The molecule has 2 heterocycles. The Balaban J connectivity index is 1.42. The lowest BCUT2D eigenvalue weighted by molar-refractivity contribution is -0.136. The third-order valence-electron chi connectivity index (χ3n) is 11.2. The molecule has 0 spiro atoms. The highest BCUT2D eigenvalue weighted by Gasteiger charge is 2.35. The quantitative estimate of drug-likeness (QED) is 0.131. The molecule has 6 atom stereocenters. The summed E-state index contributed by atoms with van der Waals surface area (Å²) in [5, 5.41) is 28.0. The predicted octanol–water partition coefficient (Wildman–Crippen LogP) is 1.77. The van der Waals surface area contributed by atoms with Gasteiger partial charge in [-0.2, -0.15) is 0 Å². The van der Waals surface area contributed by atoms with Crippen molar-refractivity contribution in [2.24, 2.45) is 11.7 Å². The molecule has 1 saturated carbocycles. The zero-order chi connectivity index (χ0) is 41.4. The van der Waals surface area contributed by atoms with Crippen LogP contribution in [0.4, 0.5) is 0 Å². The van der Waals surface area contributed by atoms with Crippen molar-refractivity contribution in [3.05, 3.63) is 71.9 Å². The Kier molecular flexibility index (Phi) is 16.6. The van der Waals surface area contributed by atoms with Crippen molar-refractivity contribution < 1.29 is 33.9 Å². The fourth-order valence-corrected chi connectivity index (χ4v) is 7.83. The Bertz CT molecular complexity index is 1850. The molecule has 3 aromatic rings. The molecule has 2 aliphatic rings. The number of amides is 6. The monoisotopic (exact) mass is 800 g/mol. The summed E-state index contributed by atoms with van der Waals surface area (Å²) in [4.78, 5) is 86.3. The van der Waals surface area contributed by atoms with E-state index in [2.05, 4.69) is 36.9 Å². The van der Waals surface area contributed by atoms with E-state index in [4.69, 9.17) is 5.73 Å². The summed E-state index contributed by atoms with van der Waals surface area (Å²) < 4.78 is 0. The second kappa shape index (κ2) is 22.0. The van der Waals surface area contributed by atoms with Crippen molar-refractivity contribution in [3.8, 4) is 0 Å². The van der Waals surface area contributed by atoms with Crippen LogP contribution in [0.15, 0.2) is 60.8 Å². The van der Waals surface area contributed by atoms with Crippen molar-refractivity contribution in [2.45, 2.75) is 127 Å². The van der Waals surface area contributed by atoms with E-state index in [1.54, 1.807) is 6.20 Å². The van der Waals surface area contributed by atoms with Crippen LogP contribution in [-0.4, -0.2) is 94.9 Å². The predicted molar refractivity (Wildman–Crippen MR) is 220 cm³/mol. The van der Waals surface area contributed by atoms with Gasteiger partial charge in [0.1, 0.15) is 30.2 Å². The van der Waals surface area contributed by atoms with E-state index in [9.17, 15) is 33.9 Å². The minimum Gasteiger partial charge on any atom is -0.394 e. The van der Waals surface area contributed by atoms with Gasteiger partial charge in [0.2, 0.25) is 35.4 Å². The highest BCUT2D eigenvalue weighted by atomic mass is 16.3. The zero-order valence-electron chi connectivity index (χ0n) is 33.4. The summed E-state index contributed by atoms with van der Waals surface area (Å²) in [7, 11) is 0. The van der Waals surface area contributed by atoms with Gasteiger partial charge in [-0.1, -0.05) is 100 Å². The average Bonchev–Trinajstić information content (AvgIpc) is 3.64. The normalized spacial score (nSPS) is 24.0. The molecule has 1 aliphatic carbocycles. The summed E-state index contributed by atoms with van der Waals surface area (Å²) >= 11 is 0. The fraction of sp³-hybridized carbons (Fsp3) is 0.535. The number of aromatic nitrogens is 1. The number of nitrogens with one attached hydrogen (secondary N) is 7. The topological polar surface area (TPSA) is 237 Å². The molecule has 58 heavy (non-hydrogen) atoms. The first-order chi connectivity index (χ1) is 28.1. The lowest BCUT2D eigenvalue weighted by Crippen LogP contribution is -2.61. The SMILES string of the molecule is CCCC[C@@H]1NC(=O)[C@H](Cc2c[nH]c3ccccc23)NC(=O)[C@@H](CC2CCCCC2)NC(=O)[C@H](CO)NC(=O)[C@@H](NC(=O)[C@@H](N)Cc2ccccc2)CCCNC1=O. The lowest BCUT2D eigenvalue weighted by atomic mass is 9.84. The molecule has 314 valence electrons. The molecule has 0 unspecified atom stereocenters. The maximum Gasteiger partial charge on any atom is 0.245 e. The Morgan fingerprint density at radius 1 is 0.776 bits per heavy atom. The highest BCUT2D eigenvalue weighted by molar-refractivity contribution is 5.97. The van der Waals surface area contributed by atoms with Crippen molar-refractivity contribution in [3.63, 3.8) is 0 Å². The molecular formula is C43H60N8O7. The first-order valence-electron chi connectivity index (χ1n) is 20.8. The van der Waals surface area contributed by atoms with Gasteiger partial charge in [-0.25, -0.2) is 0 Å². The van der Waals surface area contributed by atoms with Gasteiger partial charge in [-0.05, 0) is 55.2 Å². The molecule has 2 fully saturated rings. The molecular weight excluding hydrogens is 741 g/mol. The van der Waals surface area contributed by atoms with Crippen LogP contribution < -0.4 is 37.6 Å². The molecule has 1 aromatic heterocycles. The number of aliphatic hydroxyl groups excluding tert-OH is 1. The minimum atomic E-state index is -1.46. The molecule has 1 saturated heterocycles. The molecule has 0 bridgehead atoms. The number of H-pyrrole nitrogens is 1. The Morgan fingerprint density at radius 3 is 2.17 bits per heavy atom. The smallest absolute Gasteiger partial charge is 0.245 e. The first-order valence-corrected chi connectivity index (χ1v) is 20.8. The Morgan fingerprint density at radius 2 is 1.43 bits per heavy atom. The van der Waals surface area contributed by atoms with Crippen LogP contribution >= 0.6 is 0 Å². The van der Waals surface area contributed by atoms with Gasteiger partial charge < -0.3 is 47.7 Å². The van der Waals surface area contributed by atoms with Gasteiger partial charge in [0.25, 0.3) is 0 Å². The minimum absolute atomic E-state index is 0.0566. The standard InChI is InChI=1S/C43H60N8O7/c1-2-3-18-33-39(54)45-21-12-20-34(47-38(53)31(44)22-27-13-6-4-7-14-27)40(55)51-37(26-52)43(58)49-35(23-28-15-8-5-9-16-28)41(56)50-36(42(57)48-33)24-29-25-46-32-19-11-10-17-30(29)32/h4,6-7,10-11,13-14,17,19,25,28,31,33-37,46,52H,2-3,5,8-9,12,15-16,18,20-24,26,44H2,1H3,(H,45,54)(H,47,53)(H,48,57)(H,49,58)(H,50,56)(H,51,55)/t31-,33-,34-,35+,36-,37-/m0/s1. The number of benzene rings is 2. The van der Waals surface area contributed by atoms with E-state index in [1.807, 2.05) is 61.5 Å². The Labute approximate surface area is 339 Å². The second-order valence-electron chi connectivity index (χ2n) is 15.7.